The Bertz CT molecular complexity index is 1150. The van der Waals surface area contributed by atoms with E-state index in [2.05, 4.69) is 5.32 Å². The Kier molecular flexibility index (Phi) is 6.38. The van der Waals surface area contributed by atoms with Crippen LogP contribution in [0.1, 0.15) is 24.1 Å². The lowest BCUT2D eigenvalue weighted by molar-refractivity contribution is -0.142. The molecule has 0 saturated heterocycles. The number of rotatable bonds is 6. The summed E-state index contributed by atoms with van der Waals surface area (Å²) >= 11 is 0. The van der Waals surface area contributed by atoms with Crippen LogP contribution in [0, 0.1) is 0 Å². The number of benzene rings is 2. The van der Waals surface area contributed by atoms with Crippen molar-refractivity contribution in [1.82, 2.24) is 5.32 Å². The van der Waals surface area contributed by atoms with E-state index in [9.17, 15) is 22.8 Å². The lowest BCUT2D eigenvalue weighted by Crippen LogP contribution is -2.48. The third kappa shape index (κ3) is 4.38. The minimum Gasteiger partial charge on any atom is -0.460 e. The van der Waals surface area contributed by atoms with Gasteiger partial charge in [0.1, 0.15) is 6.61 Å². The molecule has 2 aromatic rings. The molecule has 2 aromatic carbocycles. The van der Waals surface area contributed by atoms with E-state index in [1.807, 2.05) is 0 Å². The summed E-state index contributed by atoms with van der Waals surface area (Å²) in [6.45, 7) is 1.48. The SMILES string of the molecule is COCCOC(=O)C1=C(C)N(c2ccc3c(c2)OCO3)C(=O)NC1c1ccccc1C(F)(F)F. The number of alkyl halides is 3. The number of nitrogens with one attached hydrogen (secondary N) is 1. The molecule has 0 fully saturated rings. The van der Waals surface area contributed by atoms with E-state index in [-0.39, 0.29) is 36.8 Å². The molecule has 0 radical (unpaired) electrons. The number of carbonyl (C=O) groups is 2. The first-order valence-corrected chi connectivity index (χ1v) is 10.3. The van der Waals surface area contributed by atoms with Gasteiger partial charge in [-0.25, -0.2) is 9.59 Å². The molecular formula is C23H21F3N2O6. The number of hydrogen-bond donors (Lipinski definition) is 1. The highest BCUT2D eigenvalue weighted by atomic mass is 19.4. The maximum Gasteiger partial charge on any atom is 0.416 e. The summed E-state index contributed by atoms with van der Waals surface area (Å²) in [6.07, 6.45) is -4.70. The highest BCUT2D eigenvalue weighted by molar-refractivity contribution is 6.03. The number of fused-ring (bicyclic) bond motifs is 1. The van der Waals surface area contributed by atoms with Gasteiger partial charge in [-0.3, -0.25) is 4.90 Å². The molecule has 11 heteroatoms. The zero-order valence-corrected chi connectivity index (χ0v) is 18.3. The first-order chi connectivity index (χ1) is 16.2. The monoisotopic (exact) mass is 478 g/mol. The Hall–Kier alpha value is -3.73. The Morgan fingerprint density at radius 2 is 1.88 bits per heavy atom. The van der Waals surface area contributed by atoms with Crippen LogP contribution in [0.5, 0.6) is 11.5 Å². The third-order valence-electron chi connectivity index (χ3n) is 5.42. The average Bonchev–Trinajstić information content (AvgIpc) is 3.26. The van der Waals surface area contributed by atoms with Crippen LogP contribution < -0.4 is 19.7 Å². The summed E-state index contributed by atoms with van der Waals surface area (Å²) in [5.74, 6) is 0.00751. The molecule has 8 nitrogen and oxygen atoms in total. The molecule has 0 saturated carbocycles. The number of nitrogens with zero attached hydrogens (tertiary/aromatic N) is 1. The summed E-state index contributed by atoms with van der Waals surface area (Å²) in [5.41, 5.74) is -0.917. The van der Waals surface area contributed by atoms with Gasteiger partial charge in [-0.1, -0.05) is 18.2 Å². The normalized spacial score (nSPS) is 17.6. The molecule has 0 bridgehead atoms. The van der Waals surface area contributed by atoms with Crippen molar-refractivity contribution >= 4 is 17.7 Å². The van der Waals surface area contributed by atoms with Crippen LogP contribution in [-0.4, -0.2) is 39.1 Å². The molecule has 180 valence electrons. The average molecular weight is 478 g/mol. The molecule has 2 heterocycles. The number of urea groups is 1. The summed E-state index contributed by atoms with van der Waals surface area (Å²) in [5, 5.41) is 2.54. The predicted molar refractivity (Wildman–Crippen MR) is 113 cm³/mol. The van der Waals surface area contributed by atoms with Crippen LogP contribution in [0.4, 0.5) is 23.7 Å². The number of hydrogen-bond acceptors (Lipinski definition) is 6. The van der Waals surface area contributed by atoms with E-state index in [4.69, 9.17) is 18.9 Å². The fourth-order valence-electron chi connectivity index (χ4n) is 3.88. The van der Waals surface area contributed by atoms with E-state index in [1.54, 1.807) is 18.2 Å². The largest absolute Gasteiger partial charge is 0.460 e. The Balaban J connectivity index is 1.82. The number of anilines is 1. The second-order valence-corrected chi connectivity index (χ2v) is 7.47. The molecule has 1 N–H and O–H groups in total. The Morgan fingerprint density at radius 1 is 1.15 bits per heavy atom. The van der Waals surface area contributed by atoms with E-state index in [1.165, 1.54) is 37.1 Å². The van der Waals surface area contributed by atoms with Crippen LogP contribution in [0.15, 0.2) is 53.7 Å². The first kappa shape index (κ1) is 23.4. The van der Waals surface area contributed by atoms with E-state index in [0.717, 1.165) is 6.07 Å². The van der Waals surface area contributed by atoms with Gasteiger partial charge in [-0.2, -0.15) is 13.2 Å². The minimum atomic E-state index is -4.70. The van der Waals surface area contributed by atoms with Crippen molar-refractivity contribution < 1.29 is 41.7 Å². The van der Waals surface area contributed by atoms with Crippen molar-refractivity contribution in [2.45, 2.75) is 19.1 Å². The van der Waals surface area contributed by atoms with E-state index >= 15 is 0 Å². The standard InChI is InChI=1S/C23H21F3N2O6/c1-13-19(21(29)32-10-9-31-2)20(15-5-3-4-6-16(15)23(24,25)26)27-22(30)28(13)14-7-8-17-18(11-14)34-12-33-17/h3-8,11,20H,9-10,12H2,1-2H3,(H,27,30). The number of amides is 2. The second-order valence-electron chi connectivity index (χ2n) is 7.47. The molecule has 0 aromatic heterocycles. The number of carbonyl (C=O) groups excluding carboxylic acids is 2. The van der Waals surface area contributed by atoms with Crippen molar-refractivity contribution in [1.29, 1.82) is 0 Å². The highest BCUT2D eigenvalue weighted by Gasteiger charge is 2.42. The molecule has 0 aliphatic carbocycles. The second kappa shape index (κ2) is 9.26. The van der Waals surface area contributed by atoms with Crippen LogP contribution in [-0.2, 0) is 20.4 Å². The number of allylic oxidation sites excluding steroid dienone is 1. The van der Waals surface area contributed by atoms with E-state index in [0.29, 0.717) is 17.2 Å². The lowest BCUT2D eigenvalue weighted by Gasteiger charge is -2.36. The molecule has 2 aliphatic rings. The van der Waals surface area contributed by atoms with Crippen molar-refractivity contribution in [2.75, 3.05) is 32.0 Å². The first-order valence-electron chi connectivity index (χ1n) is 10.3. The zero-order valence-electron chi connectivity index (χ0n) is 18.3. The molecule has 1 unspecified atom stereocenters. The molecule has 2 aliphatic heterocycles. The predicted octanol–water partition coefficient (Wildman–Crippen LogP) is 4.17. The van der Waals surface area contributed by atoms with Gasteiger partial charge in [0.25, 0.3) is 0 Å². The number of methoxy groups -OCH3 is 1. The van der Waals surface area contributed by atoms with Crippen molar-refractivity contribution in [3.8, 4) is 11.5 Å². The van der Waals surface area contributed by atoms with Gasteiger partial charge in [0.15, 0.2) is 11.5 Å². The van der Waals surface area contributed by atoms with Crippen molar-refractivity contribution in [3.63, 3.8) is 0 Å². The van der Waals surface area contributed by atoms with Gasteiger partial charge in [-0.15, -0.1) is 0 Å². The molecular weight excluding hydrogens is 457 g/mol. The molecule has 34 heavy (non-hydrogen) atoms. The van der Waals surface area contributed by atoms with Crippen molar-refractivity contribution in [2.24, 2.45) is 0 Å². The smallest absolute Gasteiger partial charge is 0.416 e. The summed E-state index contributed by atoms with van der Waals surface area (Å²) < 4.78 is 62.0. The molecule has 0 spiro atoms. The van der Waals surface area contributed by atoms with Gasteiger partial charge >= 0.3 is 18.2 Å². The molecule has 1 atom stereocenters. The van der Waals surface area contributed by atoms with Crippen molar-refractivity contribution in [3.05, 3.63) is 64.9 Å². The molecule has 4 rings (SSSR count). The third-order valence-corrected chi connectivity index (χ3v) is 5.42. The fraction of sp³-hybridized carbons (Fsp3) is 0.304. The van der Waals surface area contributed by atoms with Gasteiger partial charge < -0.3 is 24.3 Å². The maximum atomic E-state index is 13.7. The topological polar surface area (TPSA) is 86.3 Å². The van der Waals surface area contributed by atoms with Crippen LogP contribution in [0.2, 0.25) is 0 Å². The fourth-order valence-corrected chi connectivity index (χ4v) is 3.88. The number of halogens is 3. The summed E-state index contributed by atoms with van der Waals surface area (Å²) in [4.78, 5) is 27.4. The van der Waals surface area contributed by atoms with Crippen LogP contribution in [0.3, 0.4) is 0 Å². The van der Waals surface area contributed by atoms with E-state index < -0.39 is 29.8 Å². The minimum absolute atomic E-state index is 0.0210. The number of esters is 1. The highest BCUT2D eigenvalue weighted by Crippen LogP contribution is 2.42. The summed E-state index contributed by atoms with van der Waals surface area (Å²) in [7, 11) is 1.42. The van der Waals surface area contributed by atoms with Crippen LogP contribution >= 0.6 is 0 Å². The van der Waals surface area contributed by atoms with Crippen LogP contribution in [0.25, 0.3) is 0 Å². The Labute approximate surface area is 192 Å². The van der Waals surface area contributed by atoms with Gasteiger partial charge in [0.05, 0.1) is 29.5 Å². The van der Waals surface area contributed by atoms with Gasteiger partial charge in [0, 0.05) is 18.9 Å². The molecule has 2 amide bonds. The van der Waals surface area contributed by atoms with Gasteiger partial charge in [0.2, 0.25) is 6.79 Å². The number of ether oxygens (including phenoxy) is 4. The van der Waals surface area contributed by atoms with Gasteiger partial charge in [-0.05, 0) is 30.7 Å². The zero-order chi connectivity index (χ0) is 24.5. The lowest BCUT2D eigenvalue weighted by atomic mass is 9.91. The summed E-state index contributed by atoms with van der Waals surface area (Å²) in [6, 6.07) is 7.39. The Morgan fingerprint density at radius 3 is 2.62 bits per heavy atom. The quantitative estimate of drug-likeness (QED) is 0.496. The maximum absolute atomic E-state index is 13.7.